The summed E-state index contributed by atoms with van der Waals surface area (Å²) in [4.78, 5) is 8.78. The molecule has 1 heterocycles. The summed E-state index contributed by atoms with van der Waals surface area (Å²) in [5, 5.41) is 29.1. The SMILES string of the molecule is Cc1cc(N(CCO)Cc2ccccc2)nc(N(CCO)Cc2ccccc2)c1C#N. The largest absolute Gasteiger partial charge is 0.395 e. The number of aliphatic hydroxyl groups is 2. The minimum Gasteiger partial charge on any atom is -0.395 e. The van der Waals surface area contributed by atoms with Crippen LogP contribution in [0.25, 0.3) is 0 Å². The predicted octanol–water partition coefficient (Wildman–Crippen LogP) is 3.26. The highest BCUT2D eigenvalue weighted by molar-refractivity contribution is 5.63. The molecular formula is C25H28N4O2. The molecule has 6 heteroatoms. The van der Waals surface area contributed by atoms with E-state index in [1.165, 1.54) is 0 Å². The smallest absolute Gasteiger partial charge is 0.149 e. The predicted molar refractivity (Wildman–Crippen MR) is 123 cm³/mol. The molecule has 0 aliphatic heterocycles. The summed E-state index contributed by atoms with van der Waals surface area (Å²) in [5.41, 5.74) is 3.49. The zero-order valence-electron chi connectivity index (χ0n) is 17.8. The summed E-state index contributed by atoms with van der Waals surface area (Å²) in [6.07, 6.45) is 0. The Hall–Kier alpha value is -3.40. The first-order valence-electron chi connectivity index (χ1n) is 10.4. The van der Waals surface area contributed by atoms with Gasteiger partial charge in [0.05, 0.1) is 18.8 Å². The van der Waals surface area contributed by atoms with Crippen molar-refractivity contribution in [1.29, 1.82) is 5.26 Å². The molecule has 0 atom stereocenters. The highest BCUT2D eigenvalue weighted by Crippen LogP contribution is 2.28. The van der Waals surface area contributed by atoms with E-state index >= 15 is 0 Å². The molecule has 0 spiro atoms. The van der Waals surface area contributed by atoms with Crippen LogP contribution in [-0.2, 0) is 13.1 Å². The lowest BCUT2D eigenvalue weighted by Crippen LogP contribution is -2.31. The van der Waals surface area contributed by atoms with Crippen LogP contribution >= 0.6 is 0 Å². The van der Waals surface area contributed by atoms with Crippen molar-refractivity contribution in [3.63, 3.8) is 0 Å². The lowest BCUT2D eigenvalue weighted by Gasteiger charge is -2.28. The van der Waals surface area contributed by atoms with Crippen molar-refractivity contribution in [2.75, 3.05) is 36.1 Å². The first-order chi connectivity index (χ1) is 15.2. The minimum atomic E-state index is -0.0486. The number of anilines is 2. The van der Waals surface area contributed by atoms with Gasteiger partial charge in [-0.3, -0.25) is 0 Å². The number of benzene rings is 2. The molecule has 0 aliphatic rings. The maximum atomic E-state index is 9.82. The Morgan fingerprint density at radius 3 is 1.87 bits per heavy atom. The Kier molecular flexibility index (Phi) is 7.99. The first-order valence-corrected chi connectivity index (χ1v) is 10.4. The second-order valence-corrected chi connectivity index (χ2v) is 7.37. The molecule has 160 valence electrons. The van der Waals surface area contributed by atoms with Crippen LogP contribution < -0.4 is 9.80 Å². The molecular weight excluding hydrogens is 388 g/mol. The van der Waals surface area contributed by atoms with Crippen molar-refractivity contribution >= 4 is 11.6 Å². The number of aromatic nitrogens is 1. The maximum Gasteiger partial charge on any atom is 0.149 e. The fourth-order valence-electron chi connectivity index (χ4n) is 3.55. The fraction of sp³-hybridized carbons (Fsp3) is 0.280. The molecule has 0 saturated heterocycles. The minimum absolute atomic E-state index is 0.00668. The van der Waals surface area contributed by atoms with E-state index in [-0.39, 0.29) is 13.2 Å². The molecule has 0 saturated carbocycles. The molecule has 0 amide bonds. The summed E-state index contributed by atoms with van der Waals surface area (Å²) >= 11 is 0. The molecule has 2 aromatic carbocycles. The van der Waals surface area contributed by atoms with E-state index in [1.807, 2.05) is 83.5 Å². The van der Waals surface area contributed by atoms with E-state index in [4.69, 9.17) is 4.98 Å². The first kappa shape index (κ1) is 22.3. The van der Waals surface area contributed by atoms with Crippen molar-refractivity contribution in [3.05, 3.63) is 89.0 Å². The van der Waals surface area contributed by atoms with Crippen LogP contribution in [0.1, 0.15) is 22.3 Å². The Labute approximate surface area is 183 Å². The molecule has 6 nitrogen and oxygen atoms in total. The van der Waals surface area contributed by atoms with E-state index in [1.54, 1.807) is 0 Å². The highest BCUT2D eigenvalue weighted by Gasteiger charge is 2.19. The molecule has 0 aliphatic carbocycles. The van der Waals surface area contributed by atoms with Crippen LogP contribution in [0, 0.1) is 18.3 Å². The summed E-state index contributed by atoms with van der Waals surface area (Å²) in [5.74, 6) is 1.24. The van der Waals surface area contributed by atoms with Gasteiger partial charge in [-0.1, -0.05) is 60.7 Å². The summed E-state index contributed by atoms with van der Waals surface area (Å²) in [7, 11) is 0. The maximum absolute atomic E-state index is 9.82. The number of aryl methyl sites for hydroxylation is 1. The molecule has 3 aromatic rings. The van der Waals surface area contributed by atoms with Gasteiger partial charge in [0.1, 0.15) is 17.7 Å². The van der Waals surface area contributed by atoms with Crippen LogP contribution in [0.4, 0.5) is 11.6 Å². The van der Waals surface area contributed by atoms with E-state index in [9.17, 15) is 15.5 Å². The van der Waals surface area contributed by atoms with Crippen LogP contribution in [0.2, 0.25) is 0 Å². The number of aliphatic hydroxyl groups excluding tert-OH is 2. The van der Waals surface area contributed by atoms with Crippen LogP contribution in [0.15, 0.2) is 66.7 Å². The number of nitriles is 1. The van der Waals surface area contributed by atoms with Crippen LogP contribution in [0.5, 0.6) is 0 Å². The molecule has 1 aromatic heterocycles. The van der Waals surface area contributed by atoms with E-state index < -0.39 is 0 Å². The number of hydrogen-bond acceptors (Lipinski definition) is 6. The summed E-state index contributed by atoms with van der Waals surface area (Å²) in [6.45, 7) is 3.75. The van der Waals surface area contributed by atoms with Gasteiger partial charge in [-0.15, -0.1) is 0 Å². The van der Waals surface area contributed by atoms with Crippen molar-refractivity contribution in [2.45, 2.75) is 20.0 Å². The average Bonchev–Trinajstić information content (AvgIpc) is 2.79. The van der Waals surface area contributed by atoms with Gasteiger partial charge >= 0.3 is 0 Å². The van der Waals surface area contributed by atoms with Gasteiger partial charge in [-0.25, -0.2) is 4.98 Å². The van der Waals surface area contributed by atoms with Crippen LogP contribution in [-0.4, -0.2) is 41.5 Å². The third kappa shape index (κ3) is 5.82. The molecule has 0 fully saturated rings. The van der Waals surface area contributed by atoms with Gasteiger partial charge in [-0.05, 0) is 29.7 Å². The van der Waals surface area contributed by atoms with Crippen LogP contribution in [0.3, 0.4) is 0 Å². The number of nitrogens with zero attached hydrogens (tertiary/aromatic N) is 4. The van der Waals surface area contributed by atoms with E-state index in [0.717, 1.165) is 16.7 Å². The van der Waals surface area contributed by atoms with Gasteiger partial charge in [0.2, 0.25) is 0 Å². The lowest BCUT2D eigenvalue weighted by molar-refractivity contribution is 0.300. The van der Waals surface area contributed by atoms with Gasteiger partial charge in [0, 0.05) is 26.2 Å². The Bertz CT molecular complexity index is 1000. The van der Waals surface area contributed by atoms with Gasteiger partial charge in [0.25, 0.3) is 0 Å². The lowest BCUT2D eigenvalue weighted by atomic mass is 10.1. The normalized spacial score (nSPS) is 10.5. The third-order valence-electron chi connectivity index (χ3n) is 5.09. The molecule has 0 radical (unpaired) electrons. The Morgan fingerprint density at radius 1 is 0.839 bits per heavy atom. The third-order valence-corrected chi connectivity index (χ3v) is 5.09. The van der Waals surface area contributed by atoms with Crippen molar-refractivity contribution in [1.82, 2.24) is 4.98 Å². The monoisotopic (exact) mass is 416 g/mol. The van der Waals surface area contributed by atoms with Crippen molar-refractivity contribution < 1.29 is 10.2 Å². The number of pyridine rings is 1. The molecule has 31 heavy (non-hydrogen) atoms. The fourth-order valence-corrected chi connectivity index (χ4v) is 3.55. The van der Waals surface area contributed by atoms with Crippen molar-refractivity contribution in [3.8, 4) is 6.07 Å². The van der Waals surface area contributed by atoms with E-state index in [0.29, 0.717) is 43.4 Å². The molecule has 3 rings (SSSR count). The zero-order valence-corrected chi connectivity index (χ0v) is 17.8. The van der Waals surface area contributed by atoms with Gasteiger partial charge < -0.3 is 20.0 Å². The average molecular weight is 417 g/mol. The Morgan fingerprint density at radius 2 is 1.35 bits per heavy atom. The zero-order chi connectivity index (χ0) is 22.1. The van der Waals surface area contributed by atoms with Crippen molar-refractivity contribution in [2.24, 2.45) is 0 Å². The standard InChI is InChI=1S/C25H28N4O2/c1-20-16-24(28(12-14-30)18-21-8-4-2-5-9-21)27-25(23(20)17-26)29(13-15-31)19-22-10-6-3-7-11-22/h2-11,16,30-31H,12-15,18-19H2,1H3. The summed E-state index contributed by atoms with van der Waals surface area (Å²) in [6, 6.07) is 24.1. The van der Waals surface area contributed by atoms with E-state index in [2.05, 4.69) is 6.07 Å². The second-order valence-electron chi connectivity index (χ2n) is 7.37. The Balaban J connectivity index is 2.01. The van der Waals surface area contributed by atoms with Gasteiger partial charge in [0.15, 0.2) is 0 Å². The molecule has 2 N–H and O–H groups in total. The quantitative estimate of drug-likeness (QED) is 0.528. The molecule has 0 bridgehead atoms. The molecule has 0 unspecified atom stereocenters. The number of hydrogen-bond donors (Lipinski definition) is 2. The summed E-state index contributed by atoms with van der Waals surface area (Å²) < 4.78 is 0. The highest BCUT2D eigenvalue weighted by atomic mass is 16.3. The number of rotatable bonds is 10. The topological polar surface area (TPSA) is 83.6 Å². The second kappa shape index (κ2) is 11.1. The van der Waals surface area contributed by atoms with Gasteiger partial charge in [-0.2, -0.15) is 5.26 Å².